The summed E-state index contributed by atoms with van der Waals surface area (Å²) in [4.78, 5) is 23.7. The van der Waals surface area contributed by atoms with Crippen molar-refractivity contribution in [3.8, 4) is 0 Å². The molecular weight excluding hydrogens is 316 g/mol. The Morgan fingerprint density at radius 2 is 2.04 bits per heavy atom. The molecule has 2 amide bonds. The monoisotopic (exact) mass is 340 g/mol. The Morgan fingerprint density at radius 3 is 2.76 bits per heavy atom. The fourth-order valence-corrected chi connectivity index (χ4v) is 2.94. The summed E-state index contributed by atoms with van der Waals surface area (Å²) in [6.45, 7) is 2.63. The number of rotatable bonds is 7. The highest BCUT2D eigenvalue weighted by molar-refractivity contribution is 5.94. The van der Waals surface area contributed by atoms with Gasteiger partial charge in [0.25, 0.3) is 5.91 Å². The largest absolute Gasteiger partial charge is 0.466 e. The number of carbonyl (C=O) groups excluding carboxylic acids is 2. The molecule has 0 saturated heterocycles. The Bertz CT molecular complexity index is 766. The van der Waals surface area contributed by atoms with Crippen molar-refractivity contribution in [3.05, 3.63) is 59.0 Å². The molecule has 1 aromatic carbocycles. The average molecular weight is 340 g/mol. The molecule has 0 unspecified atom stereocenters. The Morgan fingerprint density at radius 1 is 1.24 bits per heavy atom. The first-order valence-electron chi connectivity index (χ1n) is 8.73. The van der Waals surface area contributed by atoms with Gasteiger partial charge in [-0.15, -0.1) is 0 Å². The molecule has 2 aromatic rings. The summed E-state index contributed by atoms with van der Waals surface area (Å²) in [5.74, 6) is 3.04. The van der Waals surface area contributed by atoms with Crippen LogP contribution in [0.15, 0.2) is 40.8 Å². The third-order valence-electron chi connectivity index (χ3n) is 4.66. The summed E-state index contributed by atoms with van der Waals surface area (Å²) in [7, 11) is 1.60. The van der Waals surface area contributed by atoms with E-state index in [0.717, 1.165) is 17.1 Å². The molecule has 5 heteroatoms. The van der Waals surface area contributed by atoms with E-state index in [-0.39, 0.29) is 11.8 Å². The van der Waals surface area contributed by atoms with Gasteiger partial charge >= 0.3 is 0 Å². The maximum Gasteiger partial charge on any atom is 0.251 e. The van der Waals surface area contributed by atoms with E-state index in [0.29, 0.717) is 36.8 Å². The van der Waals surface area contributed by atoms with Crippen molar-refractivity contribution in [2.45, 2.75) is 38.6 Å². The van der Waals surface area contributed by atoms with Gasteiger partial charge in [-0.2, -0.15) is 0 Å². The molecule has 2 N–H and O–H groups in total. The van der Waals surface area contributed by atoms with Gasteiger partial charge in [-0.05, 0) is 42.2 Å². The number of amides is 2. The van der Waals surface area contributed by atoms with Gasteiger partial charge in [-0.1, -0.05) is 19.1 Å². The Hall–Kier alpha value is -2.56. The highest BCUT2D eigenvalue weighted by Gasteiger charge is 2.36. The predicted octanol–water partition coefficient (Wildman–Crippen LogP) is 3.01. The summed E-state index contributed by atoms with van der Waals surface area (Å²) < 4.78 is 5.82. The van der Waals surface area contributed by atoms with E-state index in [9.17, 15) is 9.59 Å². The van der Waals surface area contributed by atoms with Crippen molar-refractivity contribution in [1.29, 1.82) is 0 Å². The van der Waals surface area contributed by atoms with Crippen molar-refractivity contribution < 1.29 is 14.0 Å². The SMILES string of the molecule is CNC(=O)c1cccc(CNC(=O)CCc2ccc([C@H]3C[C@@H]3C)o2)c1. The molecule has 3 rings (SSSR count). The number of hydrogen-bond acceptors (Lipinski definition) is 3. The fourth-order valence-electron chi connectivity index (χ4n) is 2.94. The van der Waals surface area contributed by atoms with Crippen molar-refractivity contribution in [3.63, 3.8) is 0 Å². The minimum Gasteiger partial charge on any atom is -0.466 e. The molecule has 0 aliphatic heterocycles. The Labute approximate surface area is 147 Å². The van der Waals surface area contributed by atoms with E-state index in [2.05, 4.69) is 17.6 Å². The van der Waals surface area contributed by atoms with Crippen LogP contribution < -0.4 is 10.6 Å². The molecule has 1 fully saturated rings. The van der Waals surface area contributed by atoms with E-state index in [1.54, 1.807) is 19.2 Å². The lowest BCUT2D eigenvalue weighted by Crippen LogP contribution is -2.23. The van der Waals surface area contributed by atoms with Crippen molar-refractivity contribution in [2.75, 3.05) is 7.05 Å². The normalized spacial score (nSPS) is 18.6. The smallest absolute Gasteiger partial charge is 0.251 e. The zero-order valence-corrected chi connectivity index (χ0v) is 14.7. The van der Waals surface area contributed by atoms with Gasteiger partial charge < -0.3 is 15.1 Å². The lowest BCUT2D eigenvalue weighted by molar-refractivity contribution is -0.121. The summed E-state index contributed by atoms with van der Waals surface area (Å²) in [6.07, 6.45) is 2.19. The van der Waals surface area contributed by atoms with Crippen LogP contribution in [0.25, 0.3) is 0 Å². The number of carbonyl (C=O) groups is 2. The maximum atomic E-state index is 12.0. The molecule has 2 atom stereocenters. The number of benzene rings is 1. The maximum absolute atomic E-state index is 12.0. The molecule has 1 aromatic heterocycles. The van der Waals surface area contributed by atoms with E-state index in [1.165, 1.54) is 6.42 Å². The molecule has 0 bridgehead atoms. The Kier molecular flexibility index (Phi) is 5.22. The lowest BCUT2D eigenvalue weighted by atomic mass is 10.1. The number of nitrogens with one attached hydrogen (secondary N) is 2. The molecule has 132 valence electrons. The van der Waals surface area contributed by atoms with Crippen LogP contribution in [-0.2, 0) is 17.8 Å². The highest BCUT2D eigenvalue weighted by Crippen LogP contribution is 2.47. The van der Waals surface area contributed by atoms with Gasteiger partial charge in [0, 0.05) is 37.9 Å². The molecule has 1 aliphatic carbocycles. The zero-order valence-electron chi connectivity index (χ0n) is 14.7. The van der Waals surface area contributed by atoms with Gasteiger partial charge in [0.05, 0.1) is 0 Å². The summed E-state index contributed by atoms with van der Waals surface area (Å²) in [6, 6.07) is 11.2. The van der Waals surface area contributed by atoms with Crippen LogP contribution in [0.3, 0.4) is 0 Å². The second-order valence-corrected chi connectivity index (χ2v) is 6.68. The fraction of sp³-hybridized carbons (Fsp3) is 0.400. The van der Waals surface area contributed by atoms with E-state index >= 15 is 0 Å². The van der Waals surface area contributed by atoms with Crippen LogP contribution in [0.5, 0.6) is 0 Å². The van der Waals surface area contributed by atoms with Gasteiger partial charge in [-0.3, -0.25) is 9.59 Å². The quantitative estimate of drug-likeness (QED) is 0.814. The standard InChI is InChI=1S/C20H24N2O3/c1-13-10-17(13)18-8-6-16(25-18)7-9-19(23)22-12-14-4-3-5-15(11-14)20(24)21-2/h3-6,8,11,13,17H,7,9-10,12H2,1-2H3,(H,21,24)(H,22,23)/t13-,17-/m0/s1. The summed E-state index contributed by atoms with van der Waals surface area (Å²) >= 11 is 0. The first-order chi connectivity index (χ1) is 12.1. The highest BCUT2D eigenvalue weighted by atomic mass is 16.3. The predicted molar refractivity (Wildman–Crippen MR) is 95.2 cm³/mol. The van der Waals surface area contributed by atoms with Crippen molar-refractivity contribution in [2.24, 2.45) is 5.92 Å². The molecule has 5 nitrogen and oxygen atoms in total. The van der Waals surface area contributed by atoms with Crippen LogP contribution in [0.4, 0.5) is 0 Å². The molecule has 1 heterocycles. The minimum absolute atomic E-state index is 0.0249. The summed E-state index contributed by atoms with van der Waals surface area (Å²) in [5, 5.41) is 5.48. The second-order valence-electron chi connectivity index (χ2n) is 6.68. The van der Waals surface area contributed by atoms with Crippen LogP contribution in [0.1, 0.15) is 53.1 Å². The van der Waals surface area contributed by atoms with Crippen molar-refractivity contribution in [1.82, 2.24) is 10.6 Å². The van der Waals surface area contributed by atoms with Crippen LogP contribution in [0.2, 0.25) is 0 Å². The molecule has 0 spiro atoms. The first-order valence-corrected chi connectivity index (χ1v) is 8.73. The van der Waals surface area contributed by atoms with Crippen molar-refractivity contribution >= 4 is 11.8 Å². The molecule has 0 radical (unpaired) electrons. The van der Waals surface area contributed by atoms with Crippen LogP contribution in [-0.4, -0.2) is 18.9 Å². The topological polar surface area (TPSA) is 71.3 Å². The lowest BCUT2D eigenvalue weighted by Gasteiger charge is -2.06. The summed E-state index contributed by atoms with van der Waals surface area (Å²) in [5.41, 5.74) is 1.49. The number of furan rings is 1. The average Bonchev–Trinajstić information content (AvgIpc) is 3.18. The Balaban J connectivity index is 1.45. The second kappa shape index (κ2) is 7.55. The van der Waals surface area contributed by atoms with Gasteiger partial charge in [0.1, 0.15) is 11.5 Å². The van der Waals surface area contributed by atoms with Gasteiger partial charge in [0.15, 0.2) is 0 Å². The third-order valence-corrected chi connectivity index (χ3v) is 4.66. The number of aryl methyl sites for hydroxylation is 1. The van der Waals surface area contributed by atoms with E-state index < -0.39 is 0 Å². The van der Waals surface area contributed by atoms with Gasteiger partial charge in [-0.25, -0.2) is 0 Å². The number of hydrogen-bond donors (Lipinski definition) is 2. The van der Waals surface area contributed by atoms with E-state index in [4.69, 9.17) is 4.42 Å². The minimum atomic E-state index is -0.133. The zero-order chi connectivity index (χ0) is 17.8. The molecular formula is C20H24N2O3. The third kappa shape index (κ3) is 4.50. The van der Waals surface area contributed by atoms with Gasteiger partial charge in [0.2, 0.25) is 5.91 Å². The molecule has 25 heavy (non-hydrogen) atoms. The van der Waals surface area contributed by atoms with E-state index in [1.807, 2.05) is 24.3 Å². The molecule has 1 saturated carbocycles. The van der Waals surface area contributed by atoms with Crippen LogP contribution in [0, 0.1) is 5.92 Å². The molecule has 1 aliphatic rings. The van der Waals surface area contributed by atoms with Crippen LogP contribution >= 0.6 is 0 Å². The first kappa shape index (κ1) is 17.3.